The first-order valence-corrected chi connectivity index (χ1v) is 14.4. The van der Waals surface area contributed by atoms with Crippen LogP contribution in [-0.4, -0.2) is 55.1 Å². The van der Waals surface area contributed by atoms with Crippen LogP contribution in [0, 0.1) is 0 Å². The van der Waals surface area contributed by atoms with Gasteiger partial charge in [0, 0.05) is 18.9 Å². The minimum Gasteiger partial charge on any atom is -0.481 e. The van der Waals surface area contributed by atoms with Crippen molar-refractivity contribution >= 4 is 39.8 Å². The number of pyridine rings is 1. The Morgan fingerprint density at radius 3 is 2.39 bits per heavy atom. The van der Waals surface area contributed by atoms with Crippen LogP contribution < -0.4 is 5.32 Å². The summed E-state index contributed by atoms with van der Waals surface area (Å²) in [5.41, 5.74) is 1.05. The van der Waals surface area contributed by atoms with Crippen molar-refractivity contribution in [2.75, 3.05) is 11.9 Å². The van der Waals surface area contributed by atoms with Gasteiger partial charge in [-0.1, -0.05) is 64.8 Å². The van der Waals surface area contributed by atoms with Gasteiger partial charge in [0.25, 0.3) is 5.97 Å². The Bertz CT molecular complexity index is 1260. The number of ether oxygens (including phenoxy) is 2. The molecule has 0 aliphatic heterocycles. The summed E-state index contributed by atoms with van der Waals surface area (Å²) < 4.78 is 13.3. The molecule has 228 valence electrons. The van der Waals surface area contributed by atoms with Crippen molar-refractivity contribution in [1.82, 2.24) is 14.5 Å². The van der Waals surface area contributed by atoms with E-state index >= 15 is 0 Å². The van der Waals surface area contributed by atoms with Crippen molar-refractivity contribution < 1.29 is 29.3 Å². The number of hydrogen-bond donors (Lipinski definition) is 3. The Balaban J connectivity index is 0.00000129. The van der Waals surface area contributed by atoms with Gasteiger partial charge in [0.15, 0.2) is 5.82 Å². The number of carbonyl (C=O) groups is 2. The number of benzene rings is 1. The molecule has 0 saturated heterocycles. The molecule has 10 nitrogen and oxygen atoms in total. The molecule has 3 N–H and O–H groups in total. The molecule has 2 aromatic heterocycles. The number of aliphatic hydroxyl groups is 1. The zero-order valence-electron chi connectivity index (χ0n) is 25.9. The molecule has 0 radical (unpaired) electrons. The van der Waals surface area contributed by atoms with E-state index in [2.05, 4.69) is 23.3 Å². The Morgan fingerprint density at radius 2 is 1.80 bits per heavy atom. The van der Waals surface area contributed by atoms with E-state index in [1.807, 2.05) is 62.6 Å². The molecule has 1 aromatic carbocycles. The molecular formula is C31H48N4O6. The van der Waals surface area contributed by atoms with Crippen LogP contribution in [0.15, 0.2) is 36.4 Å². The first-order chi connectivity index (χ1) is 19.5. The van der Waals surface area contributed by atoms with Gasteiger partial charge in [-0.15, -0.1) is 0 Å². The summed E-state index contributed by atoms with van der Waals surface area (Å²) in [6, 6.07) is 7.69. The summed E-state index contributed by atoms with van der Waals surface area (Å²) in [5.74, 6) is 0.143. The number of para-hydroxylation sites is 1. The van der Waals surface area contributed by atoms with Crippen molar-refractivity contribution in [1.29, 1.82) is 0 Å². The highest BCUT2D eigenvalue weighted by atomic mass is 16.6. The van der Waals surface area contributed by atoms with E-state index in [0.717, 1.165) is 37.1 Å². The second-order valence-electron chi connectivity index (χ2n) is 9.80. The predicted octanol–water partition coefficient (Wildman–Crippen LogP) is 7.08. The van der Waals surface area contributed by atoms with Crippen LogP contribution >= 0.6 is 0 Å². The van der Waals surface area contributed by atoms with Crippen LogP contribution in [0.2, 0.25) is 0 Å². The highest BCUT2D eigenvalue weighted by molar-refractivity contribution is 6.09. The fourth-order valence-corrected chi connectivity index (χ4v) is 3.92. The van der Waals surface area contributed by atoms with E-state index in [0.29, 0.717) is 42.2 Å². The topological polar surface area (TPSA) is 136 Å². The summed E-state index contributed by atoms with van der Waals surface area (Å²) in [5, 5.41) is 21.7. The Labute approximate surface area is 243 Å². The van der Waals surface area contributed by atoms with Crippen LogP contribution in [0.25, 0.3) is 21.9 Å². The second-order valence-corrected chi connectivity index (χ2v) is 9.80. The predicted molar refractivity (Wildman–Crippen MR) is 164 cm³/mol. The van der Waals surface area contributed by atoms with Crippen molar-refractivity contribution in [3.8, 4) is 0 Å². The number of fused-ring (bicyclic) bond motifs is 3. The Morgan fingerprint density at radius 1 is 1.15 bits per heavy atom. The maximum Gasteiger partial charge on any atom is 0.413 e. The van der Waals surface area contributed by atoms with Crippen molar-refractivity contribution in [3.05, 3.63) is 42.2 Å². The maximum atomic E-state index is 12.8. The van der Waals surface area contributed by atoms with Gasteiger partial charge in [-0.25, -0.2) is 14.8 Å². The van der Waals surface area contributed by atoms with Crippen molar-refractivity contribution in [2.24, 2.45) is 0 Å². The first-order valence-electron chi connectivity index (χ1n) is 14.4. The molecule has 0 aliphatic carbocycles. The van der Waals surface area contributed by atoms with Gasteiger partial charge in [0.05, 0.1) is 23.2 Å². The minimum atomic E-state index is -0.982. The van der Waals surface area contributed by atoms with E-state index < -0.39 is 17.7 Å². The van der Waals surface area contributed by atoms with Crippen LogP contribution in [0.3, 0.4) is 0 Å². The number of unbranched alkanes of at least 4 members (excludes halogenated alkanes) is 2. The smallest absolute Gasteiger partial charge is 0.413 e. The average molecular weight is 573 g/mol. The van der Waals surface area contributed by atoms with Crippen LogP contribution in [-0.2, 0) is 27.4 Å². The molecule has 3 aromatic rings. The summed E-state index contributed by atoms with van der Waals surface area (Å²) in [4.78, 5) is 31.3. The molecule has 1 atom stereocenters. The lowest BCUT2D eigenvalue weighted by Gasteiger charge is -2.21. The lowest BCUT2D eigenvalue weighted by molar-refractivity contribution is -0.134. The van der Waals surface area contributed by atoms with Gasteiger partial charge in [-0.05, 0) is 45.8 Å². The van der Waals surface area contributed by atoms with Gasteiger partial charge in [-0.3, -0.25) is 10.1 Å². The van der Waals surface area contributed by atoms with Crippen LogP contribution in [0.4, 0.5) is 10.6 Å². The number of amides is 1. The molecule has 0 fully saturated rings. The third-order valence-corrected chi connectivity index (χ3v) is 5.60. The second kappa shape index (κ2) is 18.0. The van der Waals surface area contributed by atoms with Crippen LogP contribution in [0.1, 0.15) is 86.9 Å². The van der Waals surface area contributed by atoms with E-state index in [4.69, 9.17) is 24.4 Å². The number of carboxylic acids is 1. The standard InChI is InChI=1S/C27H38N4O4.C2H4O2.C2H6/c1-6-9-10-11-14-19(7-2)35-26(32)30-25-23-24(20-15-12-13-16-21(20)28-25)31(18-27(4,5)33)22(29-23)17-34-8-3;1-2(3)4;1-2/h11-16,19,33H,6-10,17-18H2,1-5H3,(H,28,30,32);1H3,(H,3,4);1-2H3/b14-11+;;. The fourth-order valence-electron chi connectivity index (χ4n) is 3.92. The number of imidazole rings is 1. The number of hydrogen-bond acceptors (Lipinski definition) is 7. The third kappa shape index (κ3) is 11.9. The molecule has 1 unspecified atom stereocenters. The minimum absolute atomic E-state index is 0.278. The lowest BCUT2D eigenvalue weighted by atomic mass is 10.1. The highest BCUT2D eigenvalue weighted by Crippen LogP contribution is 2.31. The monoisotopic (exact) mass is 572 g/mol. The fraction of sp³-hybridized carbons (Fsp3) is 0.548. The van der Waals surface area contributed by atoms with Gasteiger partial charge >= 0.3 is 6.09 Å². The number of carboxylic acid groups (broad SMARTS) is 1. The first kappa shape index (κ1) is 35.5. The molecule has 2 heterocycles. The van der Waals surface area contributed by atoms with E-state index in [-0.39, 0.29) is 12.7 Å². The Hall–Kier alpha value is -3.50. The molecule has 0 aliphatic rings. The number of aliphatic carboxylic acids is 1. The van der Waals surface area contributed by atoms with E-state index in [1.54, 1.807) is 13.8 Å². The quantitative estimate of drug-likeness (QED) is 0.155. The number of rotatable bonds is 12. The molecule has 1 amide bonds. The van der Waals surface area contributed by atoms with Crippen LogP contribution in [0.5, 0.6) is 0 Å². The number of aromatic nitrogens is 3. The van der Waals surface area contributed by atoms with Crippen molar-refractivity contribution in [2.45, 2.75) is 106 Å². The van der Waals surface area contributed by atoms with E-state index in [9.17, 15) is 9.90 Å². The highest BCUT2D eigenvalue weighted by Gasteiger charge is 2.24. The number of carbonyl (C=O) groups excluding carboxylic acids is 1. The molecular weight excluding hydrogens is 524 g/mol. The molecule has 3 rings (SSSR count). The maximum absolute atomic E-state index is 12.8. The zero-order chi connectivity index (χ0) is 31.0. The Kier molecular flexibility index (Phi) is 15.6. The molecule has 41 heavy (non-hydrogen) atoms. The summed E-state index contributed by atoms with van der Waals surface area (Å²) >= 11 is 0. The number of nitrogens with zero attached hydrogens (tertiary/aromatic N) is 3. The van der Waals surface area contributed by atoms with E-state index in [1.165, 1.54) is 0 Å². The van der Waals surface area contributed by atoms with Gasteiger partial charge in [0.1, 0.15) is 24.1 Å². The molecule has 10 heteroatoms. The zero-order valence-corrected chi connectivity index (χ0v) is 25.9. The van der Waals surface area contributed by atoms with Gasteiger partial charge in [-0.2, -0.15) is 0 Å². The lowest BCUT2D eigenvalue weighted by Crippen LogP contribution is -2.27. The van der Waals surface area contributed by atoms with Crippen molar-refractivity contribution in [3.63, 3.8) is 0 Å². The third-order valence-electron chi connectivity index (χ3n) is 5.60. The molecule has 0 saturated carbocycles. The number of nitrogens with one attached hydrogen (secondary N) is 1. The average Bonchev–Trinajstić information content (AvgIpc) is 3.27. The van der Waals surface area contributed by atoms with Gasteiger partial charge < -0.3 is 24.3 Å². The summed E-state index contributed by atoms with van der Waals surface area (Å²) in [7, 11) is 0. The molecule has 0 spiro atoms. The normalized spacial score (nSPS) is 11.9. The number of anilines is 1. The summed E-state index contributed by atoms with van der Waals surface area (Å²) in [6.45, 7) is 15.8. The summed E-state index contributed by atoms with van der Waals surface area (Å²) in [6.07, 6.45) is 6.98. The number of allylic oxidation sites excluding steroid dienone is 1. The SMILES string of the molecule is CC.CC(=O)O.CCCC/C=C/C(CC)OC(=O)Nc1nc2ccccc2c2c1nc(COCC)n2CC(C)(C)O. The largest absolute Gasteiger partial charge is 0.481 e. The van der Waals surface area contributed by atoms with Gasteiger partial charge in [0.2, 0.25) is 0 Å². The molecule has 0 bridgehead atoms.